The van der Waals surface area contributed by atoms with Gasteiger partial charge in [-0.3, -0.25) is 10.1 Å². The molecular formula is C13H20N2O3. The number of benzene rings is 1. The molecule has 1 unspecified atom stereocenters. The number of ether oxygens (including phenoxy) is 1. The average Bonchev–Trinajstić information content (AvgIpc) is 2.27. The Morgan fingerprint density at radius 3 is 2.61 bits per heavy atom. The Labute approximate surface area is 107 Å². The third kappa shape index (κ3) is 3.70. The Kier molecular flexibility index (Phi) is 5.09. The molecule has 0 radical (unpaired) electrons. The summed E-state index contributed by atoms with van der Waals surface area (Å²) in [7, 11) is 1.89. The van der Waals surface area contributed by atoms with E-state index in [9.17, 15) is 10.1 Å². The highest BCUT2D eigenvalue weighted by atomic mass is 16.6. The zero-order chi connectivity index (χ0) is 13.7. The second-order valence-electron chi connectivity index (χ2n) is 4.64. The van der Waals surface area contributed by atoms with Gasteiger partial charge in [-0.25, -0.2) is 0 Å². The highest BCUT2D eigenvalue weighted by molar-refractivity contribution is 5.49. The summed E-state index contributed by atoms with van der Waals surface area (Å²) in [5.74, 6) is 0.949. The molecule has 0 amide bonds. The molecule has 0 heterocycles. The van der Waals surface area contributed by atoms with Crippen LogP contribution in [-0.4, -0.2) is 25.1 Å². The molecule has 18 heavy (non-hydrogen) atoms. The first-order valence-electron chi connectivity index (χ1n) is 5.98. The summed E-state index contributed by atoms with van der Waals surface area (Å²) in [6, 6.07) is 3.30. The third-order valence-corrected chi connectivity index (χ3v) is 2.77. The van der Waals surface area contributed by atoms with Crippen LogP contribution in [0.3, 0.4) is 0 Å². The molecule has 5 heteroatoms. The maximum absolute atomic E-state index is 10.9. The van der Waals surface area contributed by atoms with E-state index in [1.54, 1.807) is 13.0 Å². The van der Waals surface area contributed by atoms with E-state index in [0.29, 0.717) is 23.8 Å². The van der Waals surface area contributed by atoms with Crippen LogP contribution in [0.15, 0.2) is 12.1 Å². The van der Waals surface area contributed by atoms with E-state index in [1.165, 1.54) is 6.07 Å². The van der Waals surface area contributed by atoms with Gasteiger partial charge in [0.25, 0.3) is 5.69 Å². The first kappa shape index (κ1) is 14.4. The molecule has 100 valence electrons. The van der Waals surface area contributed by atoms with Gasteiger partial charge < -0.3 is 10.1 Å². The van der Waals surface area contributed by atoms with E-state index in [0.717, 1.165) is 12.1 Å². The van der Waals surface area contributed by atoms with Crippen molar-refractivity contribution >= 4 is 5.69 Å². The minimum atomic E-state index is -0.376. The number of rotatable bonds is 6. The van der Waals surface area contributed by atoms with Crippen LogP contribution in [0.25, 0.3) is 0 Å². The number of nitrogens with zero attached hydrogens (tertiary/aromatic N) is 1. The Hall–Kier alpha value is -1.62. The van der Waals surface area contributed by atoms with Crippen molar-refractivity contribution in [3.63, 3.8) is 0 Å². The predicted molar refractivity (Wildman–Crippen MR) is 71.2 cm³/mol. The van der Waals surface area contributed by atoms with Crippen molar-refractivity contribution in [3.05, 3.63) is 33.4 Å². The van der Waals surface area contributed by atoms with E-state index in [-0.39, 0.29) is 10.6 Å². The van der Waals surface area contributed by atoms with E-state index in [2.05, 4.69) is 12.2 Å². The average molecular weight is 252 g/mol. The van der Waals surface area contributed by atoms with Crippen LogP contribution in [0.4, 0.5) is 5.69 Å². The van der Waals surface area contributed by atoms with E-state index < -0.39 is 0 Å². The van der Waals surface area contributed by atoms with Gasteiger partial charge in [-0.05, 0) is 32.5 Å². The van der Waals surface area contributed by atoms with E-state index in [1.807, 2.05) is 14.0 Å². The van der Waals surface area contributed by atoms with Crippen molar-refractivity contribution in [1.29, 1.82) is 0 Å². The summed E-state index contributed by atoms with van der Waals surface area (Å²) >= 11 is 0. The van der Waals surface area contributed by atoms with Crippen molar-refractivity contribution in [3.8, 4) is 5.75 Å². The van der Waals surface area contributed by atoms with E-state index >= 15 is 0 Å². The second-order valence-corrected chi connectivity index (χ2v) is 4.64. The first-order chi connectivity index (χ1) is 8.45. The van der Waals surface area contributed by atoms with Crippen LogP contribution < -0.4 is 10.1 Å². The summed E-state index contributed by atoms with van der Waals surface area (Å²) in [6.07, 6.45) is 0. The molecule has 1 aromatic rings. The van der Waals surface area contributed by atoms with Crippen LogP contribution >= 0.6 is 0 Å². The van der Waals surface area contributed by atoms with Gasteiger partial charge in [0.2, 0.25) is 0 Å². The standard InChI is InChI=1S/C13H20N2O3/c1-9(7-14-4)8-18-13-6-12(15(16)17)10(2)5-11(13)3/h5-6,9,14H,7-8H2,1-4H3. The largest absolute Gasteiger partial charge is 0.493 e. The second kappa shape index (κ2) is 6.35. The highest BCUT2D eigenvalue weighted by Crippen LogP contribution is 2.28. The number of nitro groups is 1. The summed E-state index contributed by atoms with van der Waals surface area (Å²) < 4.78 is 5.65. The number of nitro benzene ring substituents is 1. The fraction of sp³-hybridized carbons (Fsp3) is 0.538. The number of hydrogen-bond acceptors (Lipinski definition) is 4. The molecule has 0 saturated carbocycles. The molecule has 1 atom stereocenters. The van der Waals surface area contributed by atoms with Crippen LogP contribution in [0.2, 0.25) is 0 Å². The van der Waals surface area contributed by atoms with Crippen LogP contribution in [0.1, 0.15) is 18.1 Å². The fourth-order valence-corrected chi connectivity index (χ4v) is 1.81. The van der Waals surface area contributed by atoms with Crippen molar-refractivity contribution in [1.82, 2.24) is 5.32 Å². The van der Waals surface area contributed by atoms with Crippen molar-refractivity contribution < 1.29 is 9.66 Å². The van der Waals surface area contributed by atoms with Gasteiger partial charge in [-0.2, -0.15) is 0 Å². The number of hydrogen-bond donors (Lipinski definition) is 1. The Morgan fingerprint density at radius 2 is 2.06 bits per heavy atom. The summed E-state index contributed by atoms with van der Waals surface area (Å²) in [6.45, 7) is 7.09. The lowest BCUT2D eigenvalue weighted by Crippen LogP contribution is -2.21. The van der Waals surface area contributed by atoms with Crippen LogP contribution in [0, 0.1) is 29.9 Å². The molecule has 1 aromatic carbocycles. The molecule has 0 fully saturated rings. The Bertz CT molecular complexity index is 432. The molecule has 0 aromatic heterocycles. The van der Waals surface area contributed by atoms with Crippen LogP contribution in [0.5, 0.6) is 5.75 Å². The van der Waals surface area contributed by atoms with Crippen molar-refractivity contribution in [2.75, 3.05) is 20.2 Å². The molecule has 0 aliphatic carbocycles. The lowest BCUT2D eigenvalue weighted by atomic mass is 10.1. The van der Waals surface area contributed by atoms with Gasteiger partial charge in [0.05, 0.1) is 17.6 Å². The minimum absolute atomic E-state index is 0.108. The quantitative estimate of drug-likeness (QED) is 0.624. The smallest absolute Gasteiger partial charge is 0.276 e. The molecule has 1 N–H and O–H groups in total. The lowest BCUT2D eigenvalue weighted by Gasteiger charge is -2.14. The van der Waals surface area contributed by atoms with Gasteiger partial charge in [0.15, 0.2) is 0 Å². The summed E-state index contributed by atoms with van der Waals surface area (Å²) in [5, 5.41) is 13.9. The molecule has 0 aliphatic heterocycles. The molecule has 0 aliphatic rings. The molecule has 0 bridgehead atoms. The SMILES string of the molecule is CNCC(C)COc1cc([N+](=O)[O-])c(C)cc1C. The third-order valence-electron chi connectivity index (χ3n) is 2.77. The highest BCUT2D eigenvalue weighted by Gasteiger charge is 2.15. The van der Waals surface area contributed by atoms with Gasteiger partial charge in [-0.15, -0.1) is 0 Å². The molecular weight excluding hydrogens is 232 g/mol. The normalized spacial score (nSPS) is 12.2. The van der Waals surface area contributed by atoms with Crippen molar-refractivity contribution in [2.24, 2.45) is 5.92 Å². The van der Waals surface area contributed by atoms with Gasteiger partial charge in [-0.1, -0.05) is 6.92 Å². The lowest BCUT2D eigenvalue weighted by molar-refractivity contribution is -0.385. The number of nitrogens with one attached hydrogen (secondary N) is 1. The van der Waals surface area contributed by atoms with Gasteiger partial charge in [0.1, 0.15) is 5.75 Å². The zero-order valence-electron chi connectivity index (χ0n) is 11.3. The monoisotopic (exact) mass is 252 g/mol. The topological polar surface area (TPSA) is 64.4 Å². The fourth-order valence-electron chi connectivity index (χ4n) is 1.81. The van der Waals surface area contributed by atoms with Gasteiger partial charge >= 0.3 is 0 Å². The maximum atomic E-state index is 10.9. The molecule has 1 rings (SSSR count). The maximum Gasteiger partial charge on any atom is 0.276 e. The molecule has 5 nitrogen and oxygen atoms in total. The van der Waals surface area contributed by atoms with Gasteiger partial charge in [0, 0.05) is 18.0 Å². The predicted octanol–water partition coefficient (Wildman–Crippen LogP) is 2.45. The van der Waals surface area contributed by atoms with Crippen molar-refractivity contribution in [2.45, 2.75) is 20.8 Å². The molecule has 0 saturated heterocycles. The zero-order valence-corrected chi connectivity index (χ0v) is 11.3. The minimum Gasteiger partial charge on any atom is -0.493 e. The number of aryl methyl sites for hydroxylation is 2. The Morgan fingerprint density at radius 1 is 1.39 bits per heavy atom. The first-order valence-corrected chi connectivity index (χ1v) is 5.98. The summed E-state index contributed by atoms with van der Waals surface area (Å²) in [4.78, 5) is 10.5. The van der Waals surface area contributed by atoms with Crippen LogP contribution in [-0.2, 0) is 0 Å². The Balaban J connectivity index is 2.82. The summed E-state index contributed by atoms with van der Waals surface area (Å²) in [5.41, 5.74) is 1.69. The van der Waals surface area contributed by atoms with E-state index in [4.69, 9.17) is 4.74 Å². The molecule has 0 spiro atoms.